The molecule has 1 aromatic carbocycles. The third-order valence-electron chi connectivity index (χ3n) is 6.67. The zero-order valence-electron chi connectivity index (χ0n) is 18.3. The number of piperazine rings is 1. The molecule has 0 aliphatic carbocycles. The molecular weight excluding hydrogens is 364 g/mol. The molecule has 1 N–H and O–H groups in total. The second kappa shape index (κ2) is 8.79. The second-order valence-electron chi connectivity index (χ2n) is 8.94. The molecule has 0 amide bonds. The summed E-state index contributed by atoms with van der Waals surface area (Å²) in [6, 6.07) is 6.94. The van der Waals surface area contributed by atoms with Crippen molar-refractivity contribution in [2.75, 3.05) is 37.7 Å². The van der Waals surface area contributed by atoms with E-state index < -0.39 is 0 Å². The molecule has 2 aromatic rings. The summed E-state index contributed by atoms with van der Waals surface area (Å²) >= 11 is 0. The van der Waals surface area contributed by atoms with E-state index in [-0.39, 0.29) is 6.10 Å². The molecule has 2 saturated heterocycles. The Morgan fingerprint density at radius 2 is 2.00 bits per heavy atom. The fourth-order valence-corrected chi connectivity index (χ4v) is 4.92. The van der Waals surface area contributed by atoms with Gasteiger partial charge in [-0.3, -0.25) is 0 Å². The number of anilines is 1. The predicted octanol–water partition coefficient (Wildman–Crippen LogP) is 1.57. The number of hydrogen-bond acceptors (Lipinski definition) is 5. The van der Waals surface area contributed by atoms with Gasteiger partial charge >= 0.3 is 0 Å². The average Bonchev–Trinajstić information content (AvgIpc) is 3.38. The molecule has 2 fully saturated rings. The van der Waals surface area contributed by atoms with Crippen molar-refractivity contribution in [3.05, 3.63) is 35.2 Å². The van der Waals surface area contributed by atoms with Crippen LogP contribution in [0.4, 0.5) is 5.69 Å². The van der Waals surface area contributed by atoms with Crippen LogP contribution in [0.2, 0.25) is 0 Å². The lowest BCUT2D eigenvalue weighted by atomic mass is 10.00. The van der Waals surface area contributed by atoms with E-state index in [1.54, 1.807) is 4.90 Å². The van der Waals surface area contributed by atoms with E-state index in [4.69, 9.17) is 4.74 Å². The van der Waals surface area contributed by atoms with Crippen molar-refractivity contribution in [1.82, 2.24) is 20.2 Å². The molecular formula is C22H35N6O+. The number of rotatable bonds is 6. The molecule has 0 bridgehead atoms. The number of nitrogens with one attached hydrogen (secondary N) is 1. The number of ether oxygens (including phenoxy) is 1. The van der Waals surface area contributed by atoms with Gasteiger partial charge in [-0.15, -0.1) is 5.10 Å². The lowest BCUT2D eigenvalue weighted by Crippen LogP contribution is -3.15. The van der Waals surface area contributed by atoms with E-state index in [9.17, 15) is 0 Å². The SMILES string of the molecule is Cc1cccc(N2CC[NH+]([C@@H](c3nnnn3C[C@@H]3CCCO3)C(C)C)CC2)c1C. The summed E-state index contributed by atoms with van der Waals surface area (Å²) in [6.45, 7) is 15.0. The Labute approximate surface area is 174 Å². The van der Waals surface area contributed by atoms with Gasteiger partial charge in [-0.1, -0.05) is 26.0 Å². The van der Waals surface area contributed by atoms with Gasteiger partial charge in [0.2, 0.25) is 5.82 Å². The Hall–Kier alpha value is -1.99. The van der Waals surface area contributed by atoms with Crippen LogP contribution in [0.5, 0.6) is 0 Å². The van der Waals surface area contributed by atoms with E-state index >= 15 is 0 Å². The summed E-state index contributed by atoms with van der Waals surface area (Å²) in [7, 11) is 0. The van der Waals surface area contributed by atoms with Gasteiger partial charge < -0.3 is 14.5 Å². The summed E-state index contributed by atoms with van der Waals surface area (Å²) in [5.74, 6) is 1.50. The Morgan fingerprint density at radius 1 is 1.21 bits per heavy atom. The summed E-state index contributed by atoms with van der Waals surface area (Å²) < 4.78 is 7.83. The molecule has 4 rings (SSSR count). The molecule has 0 spiro atoms. The number of aryl methyl sites for hydroxylation is 1. The van der Waals surface area contributed by atoms with E-state index in [2.05, 4.69) is 66.3 Å². The van der Waals surface area contributed by atoms with Gasteiger partial charge in [-0.2, -0.15) is 0 Å². The molecule has 2 atom stereocenters. The van der Waals surface area contributed by atoms with Crippen molar-refractivity contribution in [2.24, 2.45) is 5.92 Å². The first-order valence-corrected chi connectivity index (χ1v) is 11.1. The van der Waals surface area contributed by atoms with Crippen LogP contribution in [0, 0.1) is 19.8 Å². The zero-order valence-corrected chi connectivity index (χ0v) is 18.3. The highest BCUT2D eigenvalue weighted by molar-refractivity contribution is 5.56. The largest absolute Gasteiger partial charge is 0.376 e. The maximum atomic E-state index is 5.82. The van der Waals surface area contributed by atoms with E-state index in [0.29, 0.717) is 12.0 Å². The number of nitrogens with zero attached hydrogens (tertiary/aromatic N) is 5. The normalized spacial score (nSPS) is 21.8. The lowest BCUT2D eigenvalue weighted by molar-refractivity contribution is -0.937. The molecule has 1 aromatic heterocycles. The smallest absolute Gasteiger partial charge is 0.209 e. The number of hydrogen-bond donors (Lipinski definition) is 1. The highest BCUT2D eigenvalue weighted by Gasteiger charge is 2.36. The molecule has 7 heteroatoms. The third-order valence-corrected chi connectivity index (χ3v) is 6.67. The predicted molar refractivity (Wildman–Crippen MR) is 113 cm³/mol. The summed E-state index contributed by atoms with van der Waals surface area (Å²) in [5, 5.41) is 12.8. The molecule has 158 valence electrons. The molecule has 3 heterocycles. The summed E-state index contributed by atoms with van der Waals surface area (Å²) in [5.41, 5.74) is 4.15. The Bertz CT molecular complexity index is 805. The minimum absolute atomic E-state index is 0.251. The van der Waals surface area contributed by atoms with Crippen LogP contribution in [0.15, 0.2) is 18.2 Å². The van der Waals surface area contributed by atoms with E-state index in [1.165, 1.54) is 16.8 Å². The van der Waals surface area contributed by atoms with E-state index in [0.717, 1.165) is 58.0 Å². The fourth-order valence-electron chi connectivity index (χ4n) is 4.92. The molecule has 7 nitrogen and oxygen atoms in total. The van der Waals surface area contributed by atoms with Crippen LogP contribution in [-0.4, -0.2) is 59.1 Å². The van der Waals surface area contributed by atoms with Gasteiger partial charge in [0.15, 0.2) is 6.04 Å². The highest BCUT2D eigenvalue weighted by Crippen LogP contribution is 2.24. The molecule has 2 aliphatic heterocycles. The average molecular weight is 400 g/mol. The van der Waals surface area contributed by atoms with Crippen LogP contribution in [0.3, 0.4) is 0 Å². The van der Waals surface area contributed by atoms with Crippen LogP contribution >= 0.6 is 0 Å². The maximum absolute atomic E-state index is 5.82. The first kappa shape index (κ1) is 20.3. The molecule has 29 heavy (non-hydrogen) atoms. The Balaban J connectivity index is 1.47. The van der Waals surface area contributed by atoms with Gasteiger partial charge in [0.05, 0.1) is 38.8 Å². The van der Waals surface area contributed by atoms with Crippen molar-refractivity contribution >= 4 is 5.69 Å². The number of benzene rings is 1. The minimum atomic E-state index is 0.251. The highest BCUT2D eigenvalue weighted by atomic mass is 16.5. The summed E-state index contributed by atoms with van der Waals surface area (Å²) in [4.78, 5) is 4.13. The van der Waals surface area contributed by atoms with Gasteiger partial charge in [-0.05, 0) is 54.3 Å². The molecule has 0 saturated carbocycles. The third kappa shape index (κ3) is 4.31. The van der Waals surface area contributed by atoms with Gasteiger partial charge in [-0.25, -0.2) is 4.68 Å². The first-order chi connectivity index (χ1) is 14.0. The maximum Gasteiger partial charge on any atom is 0.209 e. The molecule has 0 radical (unpaired) electrons. The van der Waals surface area contributed by atoms with Crippen LogP contribution in [0.1, 0.15) is 49.7 Å². The van der Waals surface area contributed by atoms with Crippen LogP contribution in [-0.2, 0) is 11.3 Å². The van der Waals surface area contributed by atoms with Crippen molar-refractivity contribution in [1.29, 1.82) is 0 Å². The molecule has 0 unspecified atom stereocenters. The molecule has 2 aliphatic rings. The number of quaternary nitrogens is 1. The Morgan fingerprint density at radius 3 is 2.69 bits per heavy atom. The first-order valence-electron chi connectivity index (χ1n) is 11.1. The van der Waals surface area contributed by atoms with Crippen molar-refractivity contribution in [2.45, 2.75) is 59.2 Å². The zero-order chi connectivity index (χ0) is 20.4. The van der Waals surface area contributed by atoms with Crippen molar-refractivity contribution in [3.63, 3.8) is 0 Å². The van der Waals surface area contributed by atoms with E-state index in [1.807, 2.05) is 4.68 Å². The second-order valence-corrected chi connectivity index (χ2v) is 8.94. The monoisotopic (exact) mass is 399 g/mol. The fraction of sp³-hybridized carbons (Fsp3) is 0.682. The number of aromatic nitrogens is 4. The van der Waals surface area contributed by atoms with Gasteiger partial charge in [0.1, 0.15) is 0 Å². The van der Waals surface area contributed by atoms with Crippen LogP contribution < -0.4 is 9.80 Å². The van der Waals surface area contributed by atoms with Crippen molar-refractivity contribution in [3.8, 4) is 0 Å². The van der Waals surface area contributed by atoms with Crippen molar-refractivity contribution < 1.29 is 9.64 Å². The van der Waals surface area contributed by atoms with Gasteiger partial charge in [0.25, 0.3) is 0 Å². The standard InChI is InChI=1S/C22H34N6O/c1-16(2)21(22-23-24-25-28(22)15-19-8-6-14-29-19)27-12-10-26(11-13-27)20-9-5-7-17(3)18(20)4/h5,7,9,16,19,21H,6,8,10-15H2,1-4H3/p+1/t19-,21+/m0/s1. The number of tetrazole rings is 1. The van der Waals surface area contributed by atoms with Gasteiger partial charge in [0, 0.05) is 18.2 Å². The quantitative estimate of drug-likeness (QED) is 0.799. The van der Waals surface area contributed by atoms with Crippen LogP contribution in [0.25, 0.3) is 0 Å². The summed E-state index contributed by atoms with van der Waals surface area (Å²) in [6.07, 6.45) is 2.50. The topological polar surface area (TPSA) is 60.5 Å². The Kier molecular flexibility index (Phi) is 6.15. The minimum Gasteiger partial charge on any atom is -0.376 e. The lowest BCUT2D eigenvalue weighted by Gasteiger charge is -2.39.